The Hall–Kier alpha value is -1.71. The molecule has 0 bridgehead atoms. The third-order valence-electron chi connectivity index (χ3n) is 3.40. The van der Waals surface area contributed by atoms with E-state index in [0.29, 0.717) is 19.2 Å². The van der Waals surface area contributed by atoms with Crippen LogP contribution in [0.15, 0.2) is 29.3 Å². The number of benzene rings is 1. The molecule has 4 heteroatoms. The molecule has 0 aliphatic heterocycles. The predicted molar refractivity (Wildman–Crippen MR) is 83.4 cm³/mol. The highest BCUT2D eigenvalue weighted by molar-refractivity contribution is 5.80. The number of hydrogen-bond donors (Lipinski definition) is 2. The Morgan fingerprint density at radius 3 is 2.90 bits per heavy atom. The first-order valence-electron chi connectivity index (χ1n) is 7.43. The number of nitrogens with one attached hydrogen (secondary N) is 2. The summed E-state index contributed by atoms with van der Waals surface area (Å²) in [6, 6.07) is 8.68. The van der Waals surface area contributed by atoms with Crippen LogP contribution in [0.1, 0.15) is 25.8 Å². The van der Waals surface area contributed by atoms with Gasteiger partial charge in [-0.15, -0.1) is 0 Å². The molecule has 1 saturated carbocycles. The smallest absolute Gasteiger partial charge is 0.191 e. The van der Waals surface area contributed by atoms with Crippen molar-refractivity contribution >= 4 is 5.96 Å². The lowest BCUT2D eigenvalue weighted by atomic mass is 10.2. The Morgan fingerprint density at radius 1 is 1.45 bits per heavy atom. The maximum atomic E-state index is 5.69. The van der Waals surface area contributed by atoms with Crippen molar-refractivity contribution in [3.63, 3.8) is 0 Å². The van der Waals surface area contributed by atoms with E-state index >= 15 is 0 Å². The second kappa shape index (κ2) is 7.17. The largest absolute Gasteiger partial charge is 0.492 e. The van der Waals surface area contributed by atoms with Crippen molar-refractivity contribution in [3.8, 4) is 5.75 Å². The van der Waals surface area contributed by atoms with E-state index in [4.69, 9.17) is 4.74 Å². The van der Waals surface area contributed by atoms with Crippen LogP contribution in [0.5, 0.6) is 5.75 Å². The number of ether oxygens (including phenoxy) is 1. The number of rotatable bonds is 6. The van der Waals surface area contributed by atoms with Crippen LogP contribution in [-0.2, 0) is 0 Å². The zero-order chi connectivity index (χ0) is 14.4. The summed E-state index contributed by atoms with van der Waals surface area (Å²) in [6.45, 7) is 8.53. The SMILES string of the molecule is CCNC(=NCCOc1cccc(C)c1)NC1CC1C. The number of nitrogens with zero attached hydrogens (tertiary/aromatic N) is 1. The maximum Gasteiger partial charge on any atom is 0.191 e. The number of aryl methyl sites for hydroxylation is 1. The van der Waals surface area contributed by atoms with Gasteiger partial charge in [0.2, 0.25) is 0 Å². The molecular weight excluding hydrogens is 250 g/mol. The fraction of sp³-hybridized carbons (Fsp3) is 0.562. The van der Waals surface area contributed by atoms with Gasteiger partial charge in [-0.2, -0.15) is 0 Å². The Balaban J connectivity index is 1.74. The molecule has 2 rings (SSSR count). The minimum Gasteiger partial charge on any atom is -0.492 e. The highest BCUT2D eigenvalue weighted by Gasteiger charge is 2.33. The average Bonchev–Trinajstić information content (AvgIpc) is 3.10. The van der Waals surface area contributed by atoms with Crippen LogP contribution in [0.3, 0.4) is 0 Å². The maximum absolute atomic E-state index is 5.69. The Labute approximate surface area is 121 Å². The van der Waals surface area contributed by atoms with E-state index in [9.17, 15) is 0 Å². The Bertz CT molecular complexity index is 459. The Kier molecular flexibility index (Phi) is 5.27. The van der Waals surface area contributed by atoms with Gasteiger partial charge in [-0.05, 0) is 43.9 Å². The molecule has 0 saturated heterocycles. The molecule has 2 unspecified atom stereocenters. The highest BCUT2D eigenvalue weighted by Crippen LogP contribution is 2.28. The van der Waals surface area contributed by atoms with Crippen molar-refractivity contribution in [1.82, 2.24) is 10.6 Å². The molecule has 1 aromatic rings. The van der Waals surface area contributed by atoms with E-state index < -0.39 is 0 Å². The van der Waals surface area contributed by atoms with Gasteiger partial charge in [0.15, 0.2) is 5.96 Å². The summed E-state index contributed by atoms with van der Waals surface area (Å²) in [6.07, 6.45) is 1.24. The van der Waals surface area contributed by atoms with Crippen molar-refractivity contribution < 1.29 is 4.74 Å². The van der Waals surface area contributed by atoms with Gasteiger partial charge in [-0.1, -0.05) is 19.1 Å². The van der Waals surface area contributed by atoms with Gasteiger partial charge < -0.3 is 15.4 Å². The average molecular weight is 275 g/mol. The second-order valence-corrected chi connectivity index (χ2v) is 5.39. The van der Waals surface area contributed by atoms with Gasteiger partial charge >= 0.3 is 0 Å². The molecule has 0 spiro atoms. The summed E-state index contributed by atoms with van der Waals surface area (Å²) in [5, 5.41) is 6.70. The quantitative estimate of drug-likeness (QED) is 0.476. The van der Waals surface area contributed by atoms with Crippen molar-refractivity contribution in [3.05, 3.63) is 29.8 Å². The molecule has 0 amide bonds. The monoisotopic (exact) mass is 275 g/mol. The third-order valence-corrected chi connectivity index (χ3v) is 3.40. The number of guanidine groups is 1. The molecule has 4 nitrogen and oxygen atoms in total. The van der Waals surface area contributed by atoms with E-state index in [1.165, 1.54) is 12.0 Å². The summed E-state index contributed by atoms with van der Waals surface area (Å²) >= 11 is 0. The van der Waals surface area contributed by atoms with Crippen LogP contribution in [0.2, 0.25) is 0 Å². The van der Waals surface area contributed by atoms with Gasteiger partial charge in [-0.25, -0.2) is 4.99 Å². The molecule has 0 aromatic heterocycles. The molecule has 1 fully saturated rings. The van der Waals surface area contributed by atoms with Crippen LogP contribution >= 0.6 is 0 Å². The first kappa shape index (κ1) is 14.7. The molecule has 2 N–H and O–H groups in total. The normalized spacial score (nSPS) is 21.4. The summed E-state index contributed by atoms with van der Waals surface area (Å²) in [4.78, 5) is 4.53. The van der Waals surface area contributed by atoms with Crippen molar-refractivity contribution in [2.75, 3.05) is 19.7 Å². The lowest BCUT2D eigenvalue weighted by Gasteiger charge is -2.11. The lowest BCUT2D eigenvalue weighted by molar-refractivity contribution is 0.328. The zero-order valence-corrected chi connectivity index (χ0v) is 12.6. The van der Waals surface area contributed by atoms with Gasteiger partial charge in [0, 0.05) is 12.6 Å². The Morgan fingerprint density at radius 2 is 2.25 bits per heavy atom. The molecule has 0 heterocycles. The lowest BCUT2D eigenvalue weighted by Crippen LogP contribution is -2.39. The van der Waals surface area contributed by atoms with Gasteiger partial charge in [0.05, 0.1) is 6.54 Å². The van der Waals surface area contributed by atoms with Crippen LogP contribution < -0.4 is 15.4 Å². The van der Waals surface area contributed by atoms with Crippen molar-refractivity contribution in [2.24, 2.45) is 10.9 Å². The molecule has 1 aromatic carbocycles. The van der Waals surface area contributed by atoms with E-state index in [1.807, 2.05) is 18.2 Å². The predicted octanol–water partition coefficient (Wildman–Crippen LogP) is 2.34. The van der Waals surface area contributed by atoms with Crippen molar-refractivity contribution in [2.45, 2.75) is 33.2 Å². The van der Waals surface area contributed by atoms with E-state index in [0.717, 1.165) is 24.2 Å². The fourth-order valence-electron chi connectivity index (χ4n) is 2.04. The van der Waals surface area contributed by atoms with E-state index in [-0.39, 0.29) is 0 Å². The van der Waals surface area contributed by atoms with Crippen molar-refractivity contribution in [1.29, 1.82) is 0 Å². The second-order valence-electron chi connectivity index (χ2n) is 5.39. The first-order chi connectivity index (χ1) is 9.69. The van der Waals surface area contributed by atoms with Gasteiger partial charge in [0.1, 0.15) is 12.4 Å². The van der Waals surface area contributed by atoms with Gasteiger partial charge in [0.25, 0.3) is 0 Å². The molecule has 20 heavy (non-hydrogen) atoms. The first-order valence-corrected chi connectivity index (χ1v) is 7.43. The number of aliphatic imine (C=N–C) groups is 1. The molecular formula is C16H25N3O. The topological polar surface area (TPSA) is 45.7 Å². The molecule has 1 aliphatic carbocycles. The summed E-state index contributed by atoms with van der Waals surface area (Å²) in [5.74, 6) is 2.58. The zero-order valence-electron chi connectivity index (χ0n) is 12.6. The molecule has 1 aliphatic rings. The van der Waals surface area contributed by atoms with Gasteiger partial charge in [-0.3, -0.25) is 0 Å². The minimum absolute atomic E-state index is 0.588. The highest BCUT2D eigenvalue weighted by atomic mass is 16.5. The summed E-state index contributed by atoms with van der Waals surface area (Å²) < 4.78 is 5.69. The van der Waals surface area contributed by atoms with E-state index in [2.05, 4.69) is 42.5 Å². The van der Waals surface area contributed by atoms with E-state index in [1.54, 1.807) is 0 Å². The molecule has 110 valence electrons. The minimum atomic E-state index is 0.588. The van der Waals surface area contributed by atoms with Crippen LogP contribution in [0.25, 0.3) is 0 Å². The molecule has 2 atom stereocenters. The molecule has 0 radical (unpaired) electrons. The summed E-state index contributed by atoms with van der Waals surface area (Å²) in [7, 11) is 0. The van der Waals surface area contributed by atoms with Crippen LogP contribution in [-0.4, -0.2) is 31.7 Å². The standard InChI is InChI=1S/C16H25N3O/c1-4-17-16(19-15-11-13(15)3)18-8-9-20-14-7-5-6-12(2)10-14/h5-7,10,13,15H,4,8-9,11H2,1-3H3,(H2,17,18,19). The third kappa shape index (κ3) is 4.76. The fourth-order valence-corrected chi connectivity index (χ4v) is 2.04. The van der Waals surface area contributed by atoms with Crippen LogP contribution in [0, 0.1) is 12.8 Å². The summed E-state index contributed by atoms with van der Waals surface area (Å²) in [5.41, 5.74) is 1.21. The number of hydrogen-bond acceptors (Lipinski definition) is 2. The van der Waals surface area contributed by atoms with Crippen LogP contribution in [0.4, 0.5) is 0 Å².